The van der Waals surface area contributed by atoms with Crippen molar-refractivity contribution in [3.63, 3.8) is 0 Å². The number of carbonyl (C=O) groups excluding carboxylic acids is 1. The molecule has 2 aromatic heterocycles. The van der Waals surface area contributed by atoms with Crippen molar-refractivity contribution in [2.45, 2.75) is 48.8 Å². The van der Waals surface area contributed by atoms with Crippen molar-refractivity contribution in [2.24, 2.45) is 0 Å². The molecule has 0 aliphatic heterocycles. The zero-order chi connectivity index (χ0) is 26.8. The highest BCUT2D eigenvalue weighted by atomic mass is 32.2. The number of halogens is 1. The van der Waals surface area contributed by atoms with Gasteiger partial charge in [0.25, 0.3) is 11.5 Å². The van der Waals surface area contributed by atoms with Gasteiger partial charge < -0.3 is 10.4 Å². The Hall–Kier alpha value is -3.76. The van der Waals surface area contributed by atoms with Gasteiger partial charge in [-0.25, -0.2) is 18.7 Å². The minimum absolute atomic E-state index is 0.0283. The molecule has 1 atom stereocenters. The molecule has 0 spiro atoms. The summed E-state index contributed by atoms with van der Waals surface area (Å²) in [7, 11) is 0. The Kier molecular flexibility index (Phi) is 7.44. The molecule has 5 rings (SSSR count). The molecule has 4 aromatic rings. The molecule has 1 amide bonds. The van der Waals surface area contributed by atoms with Crippen LogP contribution in [-0.2, 0) is 4.79 Å². The molecule has 38 heavy (non-hydrogen) atoms. The number of nitrogens with zero attached hydrogens (tertiary/aromatic N) is 3. The van der Waals surface area contributed by atoms with Gasteiger partial charge >= 0.3 is 5.69 Å². The van der Waals surface area contributed by atoms with Gasteiger partial charge in [0.05, 0.1) is 17.3 Å². The van der Waals surface area contributed by atoms with Gasteiger partial charge in [-0.2, -0.15) is 0 Å². The van der Waals surface area contributed by atoms with Gasteiger partial charge in [0, 0.05) is 17.0 Å². The van der Waals surface area contributed by atoms with Gasteiger partial charge in [0.1, 0.15) is 5.82 Å². The summed E-state index contributed by atoms with van der Waals surface area (Å²) in [6, 6.07) is 16.5. The van der Waals surface area contributed by atoms with Gasteiger partial charge in [-0.15, -0.1) is 11.8 Å². The van der Waals surface area contributed by atoms with E-state index < -0.39 is 35.1 Å². The number of aliphatic hydroxyl groups is 1. The van der Waals surface area contributed by atoms with Crippen molar-refractivity contribution in [2.75, 3.05) is 6.26 Å². The normalized spacial score (nSPS) is 18.3. The number of benzene rings is 2. The second kappa shape index (κ2) is 10.9. The van der Waals surface area contributed by atoms with E-state index in [4.69, 9.17) is 0 Å². The number of thioether (sulfide) groups is 1. The van der Waals surface area contributed by atoms with Crippen molar-refractivity contribution in [1.29, 1.82) is 0 Å². The number of hydrogen-bond acceptors (Lipinski definition) is 6. The molecule has 1 unspecified atom stereocenters. The molecule has 1 fully saturated rings. The molecule has 2 N–H and O–H groups in total. The lowest BCUT2D eigenvalue weighted by atomic mass is 9.90. The first kappa shape index (κ1) is 25.9. The van der Waals surface area contributed by atoms with E-state index in [1.54, 1.807) is 30.3 Å². The smallest absolute Gasteiger partial charge is 0.337 e. The maximum Gasteiger partial charge on any atom is 0.337 e. The molecule has 0 radical (unpaired) electrons. The van der Waals surface area contributed by atoms with E-state index in [-0.39, 0.29) is 17.1 Å². The number of aliphatic hydroxyl groups excluding tert-OH is 1. The van der Waals surface area contributed by atoms with Crippen LogP contribution >= 0.6 is 11.8 Å². The Morgan fingerprint density at radius 2 is 1.82 bits per heavy atom. The molecule has 1 aliphatic carbocycles. The summed E-state index contributed by atoms with van der Waals surface area (Å²) in [6.45, 7) is 0. The summed E-state index contributed by atoms with van der Waals surface area (Å²) in [4.78, 5) is 44.8. The zero-order valence-corrected chi connectivity index (χ0v) is 21.5. The molecule has 1 aliphatic rings. The van der Waals surface area contributed by atoms with Crippen LogP contribution in [0.15, 0.2) is 81.3 Å². The van der Waals surface area contributed by atoms with Crippen LogP contribution in [-0.4, -0.2) is 37.4 Å². The monoisotopic (exact) mass is 534 g/mol. The number of carbonyl (C=O) groups is 1. The van der Waals surface area contributed by atoms with Crippen LogP contribution in [0.5, 0.6) is 0 Å². The van der Waals surface area contributed by atoms with E-state index in [2.05, 4.69) is 10.3 Å². The van der Waals surface area contributed by atoms with Gasteiger partial charge in [-0.3, -0.25) is 14.2 Å². The average Bonchev–Trinajstić information content (AvgIpc) is 2.94. The summed E-state index contributed by atoms with van der Waals surface area (Å²) in [5, 5.41) is 13.3. The average molecular weight is 535 g/mol. The largest absolute Gasteiger partial charge is 0.378 e. The van der Waals surface area contributed by atoms with Crippen molar-refractivity contribution in [3.8, 4) is 5.69 Å². The van der Waals surface area contributed by atoms with E-state index >= 15 is 0 Å². The first-order valence-electron chi connectivity index (χ1n) is 12.4. The summed E-state index contributed by atoms with van der Waals surface area (Å²) < 4.78 is 16.7. The Morgan fingerprint density at radius 1 is 1.08 bits per heavy atom. The van der Waals surface area contributed by atoms with E-state index in [1.807, 2.05) is 30.5 Å². The molecule has 0 saturated heterocycles. The zero-order valence-electron chi connectivity index (χ0n) is 20.7. The van der Waals surface area contributed by atoms with Crippen LogP contribution in [0, 0.1) is 5.82 Å². The lowest BCUT2D eigenvalue weighted by Gasteiger charge is -2.31. The second-order valence-electron chi connectivity index (χ2n) is 9.35. The molecule has 0 bridgehead atoms. The third-order valence-electron chi connectivity index (χ3n) is 6.98. The highest BCUT2D eigenvalue weighted by Gasteiger charge is 2.29. The molecule has 10 heteroatoms. The topological polar surface area (TPSA) is 106 Å². The van der Waals surface area contributed by atoms with Crippen LogP contribution in [0.25, 0.3) is 16.7 Å². The first-order valence-corrected chi connectivity index (χ1v) is 13.6. The molecule has 2 heterocycles. The number of nitrogens with one attached hydrogen (secondary N) is 1. The molecule has 196 valence electrons. The maximum atomic E-state index is 14.1. The fourth-order valence-corrected chi connectivity index (χ4v) is 5.49. The third kappa shape index (κ3) is 5.01. The van der Waals surface area contributed by atoms with Crippen LogP contribution in [0.1, 0.15) is 43.4 Å². The Balaban J connectivity index is 1.44. The Labute approximate surface area is 222 Å². The summed E-state index contributed by atoms with van der Waals surface area (Å²) in [6.07, 6.45) is 3.60. The fourth-order valence-electron chi connectivity index (χ4n) is 5.03. The molecular formula is C28H27FN4O4S. The number of amides is 1. The minimum atomic E-state index is -1.27. The summed E-state index contributed by atoms with van der Waals surface area (Å²) >= 11 is 1.52. The predicted molar refractivity (Wildman–Crippen MR) is 144 cm³/mol. The van der Waals surface area contributed by atoms with Gasteiger partial charge in [0.2, 0.25) is 0 Å². The van der Waals surface area contributed by atoms with Crippen molar-refractivity contribution >= 4 is 28.7 Å². The van der Waals surface area contributed by atoms with E-state index in [9.17, 15) is 23.9 Å². The van der Waals surface area contributed by atoms with Crippen molar-refractivity contribution in [3.05, 3.63) is 99.1 Å². The summed E-state index contributed by atoms with van der Waals surface area (Å²) in [5.74, 6) is -1.15. The number of aromatic nitrogens is 3. The molecular weight excluding hydrogens is 507 g/mol. The quantitative estimate of drug-likeness (QED) is 0.365. The second-order valence-corrected chi connectivity index (χ2v) is 10.2. The lowest BCUT2D eigenvalue weighted by molar-refractivity contribution is -0.130. The van der Waals surface area contributed by atoms with Crippen molar-refractivity contribution < 1.29 is 14.3 Å². The van der Waals surface area contributed by atoms with Crippen LogP contribution in [0.2, 0.25) is 0 Å². The number of rotatable bonds is 6. The van der Waals surface area contributed by atoms with Crippen molar-refractivity contribution in [1.82, 2.24) is 19.4 Å². The van der Waals surface area contributed by atoms with E-state index in [0.717, 1.165) is 17.2 Å². The molecule has 2 aromatic carbocycles. The SMILES string of the molecule is CSc1cccc(-n2c(=O)n(C3CCC(NC(=O)C(O)c4ccccc4)CC3)c(=O)c3cc(F)cnc32)c1. The van der Waals surface area contributed by atoms with Gasteiger partial charge in [-0.05, 0) is 61.8 Å². The van der Waals surface area contributed by atoms with Crippen LogP contribution in [0.3, 0.4) is 0 Å². The lowest BCUT2D eigenvalue weighted by Crippen LogP contribution is -2.45. The van der Waals surface area contributed by atoms with E-state index in [1.165, 1.54) is 20.9 Å². The maximum absolute atomic E-state index is 14.1. The number of fused-ring (bicyclic) bond motifs is 1. The highest BCUT2D eigenvalue weighted by molar-refractivity contribution is 7.98. The minimum Gasteiger partial charge on any atom is -0.378 e. The summed E-state index contributed by atoms with van der Waals surface area (Å²) in [5.41, 5.74) is 0.0312. The van der Waals surface area contributed by atoms with Crippen LogP contribution < -0.4 is 16.6 Å². The number of pyridine rings is 1. The standard InChI is InChI=1S/C28H27FN4O4S/c1-38-22-9-5-8-21(15-22)32-25-23(14-18(29)16-30-25)27(36)33(28(32)37)20-12-10-19(11-13-20)31-26(35)24(34)17-6-3-2-4-7-17/h2-9,14-16,19-20,24,34H,10-13H2,1H3,(H,31,35). The Morgan fingerprint density at radius 3 is 2.53 bits per heavy atom. The first-order chi connectivity index (χ1) is 18.4. The van der Waals surface area contributed by atoms with Gasteiger partial charge in [0.15, 0.2) is 11.8 Å². The van der Waals surface area contributed by atoms with E-state index in [0.29, 0.717) is 36.9 Å². The Bertz CT molecular complexity index is 1600. The van der Waals surface area contributed by atoms with Gasteiger partial charge in [-0.1, -0.05) is 36.4 Å². The number of hydrogen-bond donors (Lipinski definition) is 2. The highest BCUT2D eigenvalue weighted by Crippen LogP contribution is 2.28. The predicted octanol–water partition coefficient (Wildman–Crippen LogP) is 3.74. The third-order valence-corrected chi connectivity index (χ3v) is 7.70. The van der Waals surface area contributed by atoms with Crippen LogP contribution in [0.4, 0.5) is 4.39 Å². The molecule has 1 saturated carbocycles. The molecule has 8 nitrogen and oxygen atoms in total. The fraction of sp³-hybridized carbons (Fsp3) is 0.286.